The molecule has 1 aromatic heterocycles. The van der Waals surface area contributed by atoms with Crippen molar-refractivity contribution in [1.82, 2.24) is 4.98 Å². The lowest BCUT2D eigenvalue weighted by Gasteiger charge is -2.25. The highest BCUT2D eigenvalue weighted by Crippen LogP contribution is 2.42. The Kier molecular flexibility index (Phi) is 4.81. The van der Waals surface area contributed by atoms with Crippen molar-refractivity contribution in [2.75, 3.05) is 7.11 Å². The summed E-state index contributed by atoms with van der Waals surface area (Å²) in [6.07, 6.45) is 5.37. The topological polar surface area (TPSA) is 57.7 Å². The van der Waals surface area contributed by atoms with Crippen LogP contribution in [0.4, 0.5) is 0 Å². The van der Waals surface area contributed by atoms with Crippen LogP contribution in [0, 0.1) is 5.92 Å². The summed E-state index contributed by atoms with van der Waals surface area (Å²) >= 11 is 0. The van der Waals surface area contributed by atoms with Gasteiger partial charge in [0.15, 0.2) is 5.60 Å². The Hall–Kier alpha value is -2.40. The molecule has 5 heteroatoms. The van der Waals surface area contributed by atoms with Crippen molar-refractivity contribution in [3.8, 4) is 11.5 Å². The van der Waals surface area contributed by atoms with Gasteiger partial charge in [0, 0.05) is 13.3 Å². The molecule has 0 saturated heterocycles. The number of rotatable bonds is 7. The third-order valence-corrected chi connectivity index (χ3v) is 4.35. The second kappa shape index (κ2) is 7.01. The number of ether oxygens (including phenoxy) is 3. The summed E-state index contributed by atoms with van der Waals surface area (Å²) in [4.78, 5) is 16.3. The summed E-state index contributed by atoms with van der Waals surface area (Å²) in [6, 6.07) is 11.1. The summed E-state index contributed by atoms with van der Waals surface area (Å²) in [5.74, 6) is 1.35. The van der Waals surface area contributed by atoms with Crippen LogP contribution >= 0.6 is 0 Å². The van der Waals surface area contributed by atoms with Gasteiger partial charge in [0.05, 0.1) is 6.20 Å². The number of esters is 1. The third kappa shape index (κ3) is 3.74. The van der Waals surface area contributed by atoms with E-state index in [-0.39, 0.29) is 18.5 Å². The molecule has 5 nitrogen and oxygen atoms in total. The molecule has 1 aromatic carbocycles. The largest absolute Gasteiger partial charge is 0.459 e. The van der Waals surface area contributed by atoms with Crippen molar-refractivity contribution < 1.29 is 19.0 Å². The minimum absolute atomic E-state index is 0.220. The van der Waals surface area contributed by atoms with Gasteiger partial charge < -0.3 is 14.2 Å². The van der Waals surface area contributed by atoms with Crippen LogP contribution in [-0.4, -0.2) is 23.7 Å². The van der Waals surface area contributed by atoms with Gasteiger partial charge in [-0.2, -0.15) is 0 Å². The van der Waals surface area contributed by atoms with Gasteiger partial charge in [-0.15, -0.1) is 0 Å². The SMILES string of the molecule is COC(C)(C(=O)OCc1ccc(Oc2cccnc2)cc1)C1CC1. The molecule has 0 bridgehead atoms. The average Bonchev–Trinajstić information content (AvgIpc) is 3.46. The average molecular weight is 327 g/mol. The van der Waals surface area contributed by atoms with E-state index >= 15 is 0 Å². The molecule has 1 aliphatic rings. The van der Waals surface area contributed by atoms with Gasteiger partial charge in [-0.25, -0.2) is 4.79 Å². The van der Waals surface area contributed by atoms with E-state index in [1.165, 1.54) is 0 Å². The lowest BCUT2D eigenvalue weighted by Crippen LogP contribution is -2.41. The van der Waals surface area contributed by atoms with E-state index in [0.29, 0.717) is 11.5 Å². The lowest BCUT2D eigenvalue weighted by atomic mass is 10.0. The van der Waals surface area contributed by atoms with Crippen LogP contribution in [0.3, 0.4) is 0 Å². The van der Waals surface area contributed by atoms with Crippen molar-refractivity contribution in [1.29, 1.82) is 0 Å². The Morgan fingerprint density at radius 2 is 1.96 bits per heavy atom. The molecule has 1 aliphatic carbocycles. The van der Waals surface area contributed by atoms with Crippen LogP contribution in [0.5, 0.6) is 11.5 Å². The van der Waals surface area contributed by atoms with Gasteiger partial charge in [-0.3, -0.25) is 4.98 Å². The smallest absolute Gasteiger partial charge is 0.338 e. The molecular weight excluding hydrogens is 306 g/mol. The van der Waals surface area contributed by atoms with Crippen LogP contribution in [0.15, 0.2) is 48.8 Å². The molecule has 2 aromatic rings. The van der Waals surface area contributed by atoms with Gasteiger partial charge in [0.25, 0.3) is 0 Å². The van der Waals surface area contributed by atoms with Crippen molar-refractivity contribution in [2.24, 2.45) is 5.92 Å². The predicted octanol–water partition coefficient (Wildman–Crippen LogP) is 3.73. The van der Waals surface area contributed by atoms with Crippen LogP contribution in [0.1, 0.15) is 25.3 Å². The standard InChI is InChI=1S/C19H21NO4/c1-19(22-2,15-7-8-15)18(21)23-13-14-5-9-16(10-6-14)24-17-4-3-11-20-12-17/h3-6,9-12,15H,7-8,13H2,1-2H3. The molecule has 1 unspecified atom stereocenters. The highest BCUT2D eigenvalue weighted by molar-refractivity contribution is 5.80. The highest BCUT2D eigenvalue weighted by Gasteiger charge is 2.48. The Morgan fingerprint density at radius 1 is 1.21 bits per heavy atom. The van der Waals surface area contributed by atoms with E-state index in [1.807, 2.05) is 36.4 Å². The Bertz CT molecular complexity index is 682. The van der Waals surface area contributed by atoms with Crippen molar-refractivity contribution in [3.63, 3.8) is 0 Å². The zero-order valence-corrected chi connectivity index (χ0v) is 13.9. The predicted molar refractivity (Wildman–Crippen MR) is 88.7 cm³/mol. The van der Waals surface area contributed by atoms with Crippen molar-refractivity contribution >= 4 is 5.97 Å². The maximum Gasteiger partial charge on any atom is 0.338 e. The monoisotopic (exact) mass is 327 g/mol. The number of pyridine rings is 1. The second-order valence-corrected chi connectivity index (χ2v) is 6.10. The van der Waals surface area contributed by atoms with E-state index in [2.05, 4.69) is 4.98 Å². The number of nitrogens with zero attached hydrogens (tertiary/aromatic N) is 1. The first-order valence-electron chi connectivity index (χ1n) is 8.01. The summed E-state index contributed by atoms with van der Waals surface area (Å²) in [7, 11) is 1.56. The molecular formula is C19H21NO4. The molecule has 24 heavy (non-hydrogen) atoms. The fraction of sp³-hybridized carbons (Fsp3) is 0.368. The van der Waals surface area contributed by atoms with E-state index < -0.39 is 5.60 Å². The number of benzene rings is 1. The first-order chi connectivity index (χ1) is 11.6. The number of carbonyl (C=O) groups is 1. The van der Waals surface area contributed by atoms with E-state index in [9.17, 15) is 4.79 Å². The first kappa shape index (κ1) is 16.5. The van der Waals surface area contributed by atoms with Crippen LogP contribution in [-0.2, 0) is 20.9 Å². The molecule has 126 valence electrons. The van der Waals surface area contributed by atoms with Gasteiger partial charge in [0.2, 0.25) is 0 Å². The molecule has 1 fully saturated rings. The Morgan fingerprint density at radius 3 is 2.54 bits per heavy atom. The molecule has 1 heterocycles. The highest BCUT2D eigenvalue weighted by atomic mass is 16.6. The van der Waals surface area contributed by atoms with Crippen LogP contribution in [0.25, 0.3) is 0 Å². The summed E-state index contributed by atoms with van der Waals surface area (Å²) in [5.41, 5.74) is 0.0692. The zero-order chi connectivity index (χ0) is 17.0. The number of methoxy groups -OCH3 is 1. The van der Waals surface area contributed by atoms with Crippen molar-refractivity contribution in [3.05, 3.63) is 54.4 Å². The van der Waals surface area contributed by atoms with Gasteiger partial charge in [-0.1, -0.05) is 12.1 Å². The Balaban J connectivity index is 1.55. The van der Waals surface area contributed by atoms with E-state index in [4.69, 9.17) is 14.2 Å². The maximum absolute atomic E-state index is 12.3. The molecule has 0 N–H and O–H groups in total. The van der Waals surface area contributed by atoms with Gasteiger partial charge in [-0.05, 0) is 55.5 Å². The van der Waals surface area contributed by atoms with Crippen molar-refractivity contribution in [2.45, 2.75) is 32.0 Å². The van der Waals surface area contributed by atoms with Gasteiger partial charge >= 0.3 is 5.97 Å². The Labute approximate surface area is 141 Å². The fourth-order valence-corrected chi connectivity index (χ4v) is 2.54. The molecule has 0 amide bonds. The van der Waals surface area contributed by atoms with E-state index in [0.717, 1.165) is 18.4 Å². The van der Waals surface area contributed by atoms with Crippen LogP contribution < -0.4 is 4.74 Å². The summed E-state index contributed by atoms with van der Waals surface area (Å²) in [5, 5.41) is 0. The lowest BCUT2D eigenvalue weighted by molar-refractivity contribution is -0.171. The minimum atomic E-state index is -0.830. The second-order valence-electron chi connectivity index (χ2n) is 6.10. The quantitative estimate of drug-likeness (QED) is 0.725. The third-order valence-electron chi connectivity index (χ3n) is 4.35. The zero-order valence-electron chi connectivity index (χ0n) is 13.9. The molecule has 1 saturated carbocycles. The minimum Gasteiger partial charge on any atom is -0.459 e. The first-order valence-corrected chi connectivity index (χ1v) is 8.01. The fourth-order valence-electron chi connectivity index (χ4n) is 2.54. The number of carbonyl (C=O) groups excluding carboxylic acids is 1. The molecule has 1 atom stereocenters. The molecule has 0 spiro atoms. The van der Waals surface area contributed by atoms with Gasteiger partial charge in [0.1, 0.15) is 18.1 Å². The molecule has 3 rings (SSSR count). The normalized spacial score (nSPS) is 16.2. The number of aromatic nitrogens is 1. The van der Waals surface area contributed by atoms with E-state index in [1.54, 1.807) is 26.4 Å². The number of hydrogen-bond donors (Lipinski definition) is 0. The summed E-state index contributed by atoms with van der Waals surface area (Å²) < 4.78 is 16.5. The summed E-state index contributed by atoms with van der Waals surface area (Å²) in [6.45, 7) is 2.02. The maximum atomic E-state index is 12.3. The molecule has 0 aliphatic heterocycles. The molecule has 0 radical (unpaired) electrons. The van der Waals surface area contributed by atoms with Crippen LogP contribution in [0.2, 0.25) is 0 Å². The number of hydrogen-bond acceptors (Lipinski definition) is 5.